The summed E-state index contributed by atoms with van der Waals surface area (Å²) in [6.45, 7) is 2.45. The molecule has 0 unspecified atom stereocenters. The number of hydrogen-bond donors (Lipinski definition) is 3. The van der Waals surface area contributed by atoms with E-state index in [-0.39, 0.29) is 18.7 Å². The van der Waals surface area contributed by atoms with Crippen LogP contribution in [0.3, 0.4) is 0 Å². The maximum Gasteiger partial charge on any atom is 0.262 e. The highest BCUT2D eigenvalue weighted by Gasteiger charge is 2.08. The molecule has 0 aromatic heterocycles. The molecule has 0 bridgehead atoms. The number of amides is 3. The monoisotopic (exact) mass is 441 g/mol. The summed E-state index contributed by atoms with van der Waals surface area (Å²) in [6.07, 6.45) is 2.72. The number of hydrogen-bond acceptors (Lipinski definition) is 6. The number of anilines is 1. The van der Waals surface area contributed by atoms with E-state index in [2.05, 4.69) is 16.2 Å². The number of carbonyl (C=O) groups excluding carboxylic acids is 3. The number of ether oxygens (including phenoxy) is 3. The average molecular weight is 441 g/mol. The highest BCUT2D eigenvalue weighted by molar-refractivity contribution is 5.95. The first kappa shape index (κ1) is 24.3. The first-order chi connectivity index (χ1) is 15.4. The SMILES string of the molecule is CCOc1ccc(NC(=O)CCC(=O)NNC(=O)/C=C/c2ccc(OC)c(OC)c2)cc1. The molecule has 2 rings (SSSR count). The van der Waals surface area contributed by atoms with E-state index in [0.29, 0.717) is 29.5 Å². The van der Waals surface area contributed by atoms with Gasteiger partial charge < -0.3 is 19.5 Å². The Bertz CT molecular complexity index is 957. The molecular weight excluding hydrogens is 414 g/mol. The van der Waals surface area contributed by atoms with Crippen molar-refractivity contribution in [2.75, 3.05) is 26.1 Å². The van der Waals surface area contributed by atoms with Crippen LogP contribution in [0.1, 0.15) is 25.3 Å². The highest BCUT2D eigenvalue weighted by atomic mass is 16.5. The topological polar surface area (TPSA) is 115 Å². The predicted molar refractivity (Wildman–Crippen MR) is 120 cm³/mol. The largest absolute Gasteiger partial charge is 0.494 e. The van der Waals surface area contributed by atoms with Gasteiger partial charge in [0.15, 0.2) is 11.5 Å². The molecule has 2 aromatic carbocycles. The second-order valence-corrected chi connectivity index (χ2v) is 6.49. The fourth-order valence-corrected chi connectivity index (χ4v) is 2.62. The Morgan fingerprint density at radius 2 is 1.56 bits per heavy atom. The van der Waals surface area contributed by atoms with Crippen LogP contribution in [0.5, 0.6) is 17.2 Å². The number of benzene rings is 2. The van der Waals surface area contributed by atoms with Crippen LogP contribution in [0.2, 0.25) is 0 Å². The van der Waals surface area contributed by atoms with Crippen molar-refractivity contribution in [3.63, 3.8) is 0 Å². The summed E-state index contributed by atoms with van der Waals surface area (Å²) in [5, 5.41) is 2.70. The summed E-state index contributed by atoms with van der Waals surface area (Å²) in [5.74, 6) is 0.497. The van der Waals surface area contributed by atoms with E-state index in [0.717, 1.165) is 5.56 Å². The third-order valence-corrected chi connectivity index (χ3v) is 4.19. The predicted octanol–water partition coefficient (Wildman–Crippen LogP) is 2.68. The lowest BCUT2D eigenvalue weighted by Gasteiger charge is -2.08. The standard InChI is InChI=1S/C23H27N3O6/c1-4-32-18-9-7-17(8-10-18)24-21(27)13-14-23(29)26-25-22(28)12-6-16-5-11-19(30-2)20(15-16)31-3/h5-12,15H,4,13-14H2,1-3H3,(H,24,27)(H,25,28)(H,26,29)/b12-6+. The first-order valence-corrected chi connectivity index (χ1v) is 9.96. The molecular formula is C23H27N3O6. The Kier molecular flexibility index (Phi) is 9.58. The number of hydrazine groups is 1. The van der Waals surface area contributed by atoms with Crippen LogP contribution < -0.4 is 30.4 Å². The van der Waals surface area contributed by atoms with Gasteiger partial charge in [-0.1, -0.05) is 6.07 Å². The van der Waals surface area contributed by atoms with Gasteiger partial charge in [-0.3, -0.25) is 25.2 Å². The lowest BCUT2D eigenvalue weighted by molar-refractivity contribution is -0.128. The molecule has 0 radical (unpaired) electrons. The molecule has 3 N–H and O–H groups in total. The summed E-state index contributed by atoms with van der Waals surface area (Å²) in [4.78, 5) is 35.7. The van der Waals surface area contributed by atoms with Crippen LogP contribution in [0.15, 0.2) is 48.5 Å². The first-order valence-electron chi connectivity index (χ1n) is 9.96. The Balaban J connectivity index is 1.72. The van der Waals surface area contributed by atoms with E-state index in [1.807, 2.05) is 6.92 Å². The van der Waals surface area contributed by atoms with Crippen molar-refractivity contribution in [1.29, 1.82) is 0 Å². The number of nitrogens with one attached hydrogen (secondary N) is 3. The average Bonchev–Trinajstić information content (AvgIpc) is 2.81. The zero-order valence-corrected chi connectivity index (χ0v) is 18.3. The van der Waals surface area contributed by atoms with Crippen molar-refractivity contribution < 1.29 is 28.6 Å². The molecule has 0 spiro atoms. The lowest BCUT2D eigenvalue weighted by atomic mass is 10.2. The summed E-state index contributed by atoms with van der Waals surface area (Å²) in [5.41, 5.74) is 5.86. The van der Waals surface area contributed by atoms with Crippen molar-refractivity contribution in [3.05, 3.63) is 54.1 Å². The van der Waals surface area contributed by atoms with E-state index < -0.39 is 11.8 Å². The molecule has 9 nitrogen and oxygen atoms in total. The van der Waals surface area contributed by atoms with E-state index in [4.69, 9.17) is 14.2 Å². The molecule has 0 saturated heterocycles. The van der Waals surface area contributed by atoms with E-state index >= 15 is 0 Å². The summed E-state index contributed by atoms with van der Waals surface area (Å²) in [7, 11) is 3.05. The molecule has 0 atom stereocenters. The molecule has 170 valence electrons. The smallest absolute Gasteiger partial charge is 0.262 e. The molecule has 3 amide bonds. The summed E-state index contributed by atoms with van der Waals surface area (Å²) < 4.78 is 15.7. The fraction of sp³-hybridized carbons (Fsp3) is 0.261. The van der Waals surface area contributed by atoms with Gasteiger partial charge in [-0.25, -0.2) is 0 Å². The van der Waals surface area contributed by atoms with E-state index in [1.54, 1.807) is 48.5 Å². The lowest BCUT2D eigenvalue weighted by Crippen LogP contribution is -2.41. The van der Waals surface area contributed by atoms with Gasteiger partial charge in [0.25, 0.3) is 5.91 Å². The molecule has 2 aromatic rings. The van der Waals surface area contributed by atoms with Crippen molar-refractivity contribution in [2.24, 2.45) is 0 Å². The molecule has 0 aliphatic carbocycles. The molecule has 0 fully saturated rings. The normalized spacial score (nSPS) is 10.3. The number of carbonyl (C=O) groups is 3. The van der Waals surface area contributed by atoms with Crippen molar-refractivity contribution in [2.45, 2.75) is 19.8 Å². The minimum Gasteiger partial charge on any atom is -0.494 e. The van der Waals surface area contributed by atoms with Crippen LogP contribution in [0.25, 0.3) is 6.08 Å². The minimum absolute atomic E-state index is 0.0314. The van der Waals surface area contributed by atoms with Gasteiger partial charge in [0.2, 0.25) is 11.8 Å². The molecule has 0 heterocycles. The zero-order valence-electron chi connectivity index (χ0n) is 18.3. The third kappa shape index (κ3) is 8.02. The van der Waals surface area contributed by atoms with Crippen LogP contribution >= 0.6 is 0 Å². The maximum atomic E-state index is 12.0. The molecule has 0 aliphatic rings. The highest BCUT2D eigenvalue weighted by Crippen LogP contribution is 2.27. The number of rotatable bonds is 10. The van der Waals surface area contributed by atoms with Crippen molar-refractivity contribution in [3.8, 4) is 17.2 Å². The van der Waals surface area contributed by atoms with Gasteiger partial charge >= 0.3 is 0 Å². The second-order valence-electron chi connectivity index (χ2n) is 6.49. The molecule has 0 saturated carbocycles. The molecule has 0 aliphatic heterocycles. The summed E-state index contributed by atoms with van der Waals surface area (Å²) >= 11 is 0. The van der Waals surface area contributed by atoms with Crippen molar-refractivity contribution in [1.82, 2.24) is 10.9 Å². The van der Waals surface area contributed by atoms with Gasteiger partial charge in [-0.15, -0.1) is 0 Å². The summed E-state index contributed by atoms with van der Waals surface area (Å²) in [6, 6.07) is 12.1. The third-order valence-electron chi connectivity index (χ3n) is 4.19. The van der Waals surface area contributed by atoms with Gasteiger partial charge in [0.1, 0.15) is 5.75 Å². The Morgan fingerprint density at radius 1 is 0.875 bits per heavy atom. The van der Waals surface area contributed by atoms with Crippen LogP contribution in [-0.2, 0) is 14.4 Å². The van der Waals surface area contributed by atoms with Gasteiger partial charge in [-0.2, -0.15) is 0 Å². The van der Waals surface area contributed by atoms with E-state index in [9.17, 15) is 14.4 Å². The van der Waals surface area contributed by atoms with Gasteiger partial charge in [-0.05, 0) is 55.0 Å². The van der Waals surface area contributed by atoms with E-state index in [1.165, 1.54) is 20.3 Å². The van der Waals surface area contributed by atoms with Crippen LogP contribution in [-0.4, -0.2) is 38.5 Å². The van der Waals surface area contributed by atoms with Crippen molar-refractivity contribution >= 4 is 29.5 Å². The fourth-order valence-electron chi connectivity index (χ4n) is 2.62. The Hall–Kier alpha value is -4.01. The van der Waals surface area contributed by atoms with Crippen LogP contribution in [0.4, 0.5) is 5.69 Å². The zero-order chi connectivity index (χ0) is 23.3. The Morgan fingerprint density at radius 3 is 2.22 bits per heavy atom. The van der Waals surface area contributed by atoms with Crippen LogP contribution in [0, 0.1) is 0 Å². The quantitative estimate of drug-likeness (QED) is 0.386. The minimum atomic E-state index is -0.521. The van der Waals surface area contributed by atoms with Gasteiger partial charge in [0.05, 0.1) is 20.8 Å². The molecule has 32 heavy (non-hydrogen) atoms. The number of methoxy groups -OCH3 is 2. The second kappa shape index (κ2) is 12.6. The molecule has 9 heteroatoms. The van der Waals surface area contributed by atoms with Gasteiger partial charge in [0, 0.05) is 24.6 Å². The Labute approximate surface area is 186 Å². The maximum absolute atomic E-state index is 12.0.